The molecular formula is C13H16BrN3OS. The van der Waals surface area contributed by atoms with Gasteiger partial charge in [0, 0.05) is 29.1 Å². The maximum absolute atomic E-state index is 11.7. The van der Waals surface area contributed by atoms with Crippen LogP contribution in [0.25, 0.3) is 0 Å². The van der Waals surface area contributed by atoms with Crippen LogP contribution in [0.4, 0.5) is 0 Å². The summed E-state index contributed by atoms with van der Waals surface area (Å²) in [6.45, 7) is 2.39. The van der Waals surface area contributed by atoms with E-state index in [-0.39, 0.29) is 5.91 Å². The van der Waals surface area contributed by atoms with E-state index < -0.39 is 0 Å². The summed E-state index contributed by atoms with van der Waals surface area (Å²) < 4.78 is 1.02. The summed E-state index contributed by atoms with van der Waals surface area (Å²) in [4.78, 5) is 13.8. The highest BCUT2D eigenvalue weighted by Crippen LogP contribution is 2.09. The molecular weight excluding hydrogens is 326 g/mol. The van der Waals surface area contributed by atoms with Crippen molar-refractivity contribution in [1.29, 1.82) is 0 Å². The number of halogens is 1. The standard InChI is InChI=1S/C13H16BrN3OS/c14-12-3-1-11(2-4-12)9-15-16-13(18)10-17-5-7-19-8-6-17/h1-4,9H,5-8,10H2,(H,16,18)/b15-9-. The molecule has 2 rings (SSSR count). The number of benzene rings is 1. The zero-order valence-corrected chi connectivity index (χ0v) is 12.9. The molecule has 6 heteroatoms. The van der Waals surface area contributed by atoms with Gasteiger partial charge >= 0.3 is 0 Å². The second kappa shape index (κ2) is 7.67. The van der Waals surface area contributed by atoms with Crippen molar-refractivity contribution in [2.24, 2.45) is 5.10 Å². The van der Waals surface area contributed by atoms with Gasteiger partial charge in [0.05, 0.1) is 12.8 Å². The quantitative estimate of drug-likeness (QED) is 0.672. The van der Waals surface area contributed by atoms with Crippen LogP contribution < -0.4 is 5.43 Å². The Morgan fingerprint density at radius 2 is 2.05 bits per heavy atom. The van der Waals surface area contributed by atoms with E-state index in [4.69, 9.17) is 0 Å². The van der Waals surface area contributed by atoms with Gasteiger partial charge in [0.2, 0.25) is 0 Å². The molecule has 1 aliphatic heterocycles. The van der Waals surface area contributed by atoms with Gasteiger partial charge in [-0.15, -0.1) is 0 Å². The number of hydrazone groups is 1. The Morgan fingerprint density at radius 3 is 2.74 bits per heavy atom. The number of hydrogen-bond donors (Lipinski definition) is 1. The normalized spacial score (nSPS) is 16.7. The van der Waals surface area contributed by atoms with Gasteiger partial charge in [0.25, 0.3) is 5.91 Å². The summed E-state index contributed by atoms with van der Waals surface area (Å²) >= 11 is 5.31. The molecule has 1 aliphatic rings. The first-order valence-electron chi connectivity index (χ1n) is 6.11. The number of amides is 1. The molecule has 1 fully saturated rings. The molecule has 4 nitrogen and oxygen atoms in total. The van der Waals surface area contributed by atoms with Crippen LogP contribution in [0.1, 0.15) is 5.56 Å². The van der Waals surface area contributed by atoms with Crippen molar-refractivity contribution >= 4 is 39.8 Å². The Morgan fingerprint density at radius 1 is 1.37 bits per heavy atom. The lowest BCUT2D eigenvalue weighted by Gasteiger charge is -2.24. The van der Waals surface area contributed by atoms with E-state index >= 15 is 0 Å². The summed E-state index contributed by atoms with van der Waals surface area (Å²) in [5, 5.41) is 3.96. The van der Waals surface area contributed by atoms with Crippen molar-refractivity contribution < 1.29 is 4.79 Å². The molecule has 1 N–H and O–H groups in total. The van der Waals surface area contributed by atoms with Crippen molar-refractivity contribution in [3.05, 3.63) is 34.3 Å². The molecule has 0 unspecified atom stereocenters. The van der Waals surface area contributed by atoms with Crippen LogP contribution in [0.15, 0.2) is 33.8 Å². The van der Waals surface area contributed by atoms with Gasteiger partial charge < -0.3 is 0 Å². The van der Waals surface area contributed by atoms with E-state index in [1.165, 1.54) is 0 Å². The molecule has 0 aliphatic carbocycles. The topological polar surface area (TPSA) is 44.7 Å². The predicted octanol–water partition coefficient (Wildman–Crippen LogP) is 1.95. The first kappa shape index (κ1) is 14.6. The van der Waals surface area contributed by atoms with Gasteiger partial charge in [0.1, 0.15) is 0 Å². The van der Waals surface area contributed by atoms with Gasteiger partial charge in [-0.25, -0.2) is 5.43 Å². The van der Waals surface area contributed by atoms with Crippen molar-refractivity contribution in [3.8, 4) is 0 Å². The van der Waals surface area contributed by atoms with E-state index in [1.54, 1.807) is 6.21 Å². The Labute approximate surface area is 125 Å². The van der Waals surface area contributed by atoms with Crippen LogP contribution in [0, 0.1) is 0 Å². The molecule has 0 saturated carbocycles. The molecule has 1 aromatic carbocycles. The van der Waals surface area contributed by atoms with Gasteiger partial charge in [0.15, 0.2) is 0 Å². The van der Waals surface area contributed by atoms with Gasteiger partial charge in [-0.1, -0.05) is 28.1 Å². The maximum atomic E-state index is 11.7. The SMILES string of the molecule is O=C(CN1CCSCC1)N/N=C\c1ccc(Br)cc1. The van der Waals surface area contributed by atoms with Crippen molar-refractivity contribution in [2.75, 3.05) is 31.1 Å². The Bertz CT molecular complexity index is 444. The number of carbonyl (C=O) groups is 1. The fourth-order valence-electron chi connectivity index (χ4n) is 1.73. The van der Waals surface area contributed by atoms with Crippen LogP contribution in [0.3, 0.4) is 0 Å². The highest BCUT2D eigenvalue weighted by atomic mass is 79.9. The van der Waals surface area contributed by atoms with Gasteiger partial charge in [-0.3, -0.25) is 9.69 Å². The summed E-state index contributed by atoms with van der Waals surface area (Å²) in [6, 6.07) is 7.74. The van der Waals surface area contributed by atoms with Crippen LogP contribution >= 0.6 is 27.7 Å². The van der Waals surface area contributed by atoms with Crippen LogP contribution in [-0.2, 0) is 4.79 Å². The molecule has 1 heterocycles. The number of nitrogens with one attached hydrogen (secondary N) is 1. The molecule has 1 saturated heterocycles. The van der Waals surface area contributed by atoms with E-state index in [1.807, 2.05) is 36.0 Å². The number of hydrogen-bond acceptors (Lipinski definition) is 4. The molecule has 0 atom stereocenters. The minimum absolute atomic E-state index is 0.0553. The highest BCUT2D eigenvalue weighted by Gasteiger charge is 2.13. The monoisotopic (exact) mass is 341 g/mol. The molecule has 0 spiro atoms. The summed E-state index contributed by atoms with van der Waals surface area (Å²) in [6.07, 6.45) is 1.65. The van der Waals surface area contributed by atoms with Crippen molar-refractivity contribution in [3.63, 3.8) is 0 Å². The van der Waals surface area contributed by atoms with Gasteiger partial charge in [-0.05, 0) is 17.7 Å². The largest absolute Gasteiger partial charge is 0.293 e. The number of nitrogens with zero attached hydrogens (tertiary/aromatic N) is 2. The average Bonchev–Trinajstić information content (AvgIpc) is 2.42. The second-order valence-electron chi connectivity index (χ2n) is 4.23. The maximum Gasteiger partial charge on any atom is 0.254 e. The molecule has 1 aromatic rings. The fourth-order valence-corrected chi connectivity index (χ4v) is 2.97. The third-order valence-corrected chi connectivity index (χ3v) is 4.21. The molecule has 19 heavy (non-hydrogen) atoms. The lowest BCUT2D eigenvalue weighted by Crippen LogP contribution is -2.40. The van der Waals surface area contributed by atoms with Gasteiger partial charge in [-0.2, -0.15) is 16.9 Å². The highest BCUT2D eigenvalue weighted by molar-refractivity contribution is 9.10. The van der Waals surface area contributed by atoms with Crippen molar-refractivity contribution in [1.82, 2.24) is 10.3 Å². The minimum Gasteiger partial charge on any atom is -0.293 e. The molecule has 0 radical (unpaired) electrons. The summed E-state index contributed by atoms with van der Waals surface area (Å²) in [7, 11) is 0. The Kier molecular flexibility index (Phi) is 5.88. The summed E-state index contributed by atoms with van der Waals surface area (Å²) in [5.41, 5.74) is 3.52. The predicted molar refractivity (Wildman–Crippen MR) is 83.6 cm³/mol. The zero-order chi connectivity index (χ0) is 13.5. The fraction of sp³-hybridized carbons (Fsp3) is 0.385. The van der Waals surface area contributed by atoms with Crippen molar-refractivity contribution in [2.45, 2.75) is 0 Å². The Balaban J connectivity index is 1.74. The van der Waals surface area contributed by atoms with Crippen LogP contribution in [0.5, 0.6) is 0 Å². The minimum atomic E-state index is -0.0553. The second-order valence-corrected chi connectivity index (χ2v) is 6.37. The first-order chi connectivity index (χ1) is 9.24. The molecule has 102 valence electrons. The third kappa shape index (κ3) is 5.34. The third-order valence-electron chi connectivity index (χ3n) is 2.74. The van der Waals surface area contributed by atoms with Crippen LogP contribution in [0.2, 0.25) is 0 Å². The smallest absolute Gasteiger partial charge is 0.254 e. The number of carbonyl (C=O) groups excluding carboxylic acids is 1. The first-order valence-corrected chi connectivity index (χ1v) is 8.06. The lowest BCUT2D eigenvalue weighted by atomic mass is 10.2. The molecule has 1 amide bonds. The molecule has 0 bridgehead atoms. The lowest BCUT2D eigenvalue weighted by molar-refractivity contribution is -0.122. The zero-order valence-electron chi connectivity index (χ0n) is 10.5. The van der Waals surface area contributed by atoms with E-state index in [9.17, 15) is 4.79 Å². The number of rotatable bonds is 4. The number of thioether (sulfide) groups is 1. The summed E-state index contributed by atoms with van der Waals surface area (Å²) in [5.74, 6) is 2.16. The van der Waals surface area contributed by atoms with E-state index in [2.05, 4.69) is 31.4 Å². The van der Waals surface area contributed by atoms with E-state index in [0.29, 0.717) is 6.54 Å². The van der Waals surface area contributed by atoms with Crippen LogP contribution in [-0.4, -0.2) is 48.2 Å². The average molecular weight is 342 g/mol. The molecule has 0 aromatic heterocycles. The Hall–Kier alpha value is -0.850. The van der Waals surface area contributed by atoms with E-state index in [0.717, 1.165) is 34.6 Å².